The highest BCUT2D eigenvalue weighted by molar-refractivity contribution is 5.70. The minimum atomic E-state index is -0.627. The average Bonchev–Trinajstić information content (AvgIpc) is 2.98. The van der Waals surface area contributed by atoms with E-state index in [1.165, 1.54) is 22.3 Å². The van der Waals surface area contributed by atoms with E-state index in [9.17, 15) is 9.90 Å². The molecule has 4 rings (SSSR count). The van der Waals surface area contributed by atoms with Gasteiger partial charge in [-0.25, -0.2) is 0 Å². The van der Waals surface area contributed by atoms with Gasteiger partial charge in [-0.2, -0.15) is 0 Å². The van der Waals surface area contributed by atoms with Crippen molar-refractivity contribution in [1.82, 2.24) is 0 Å². The fourth-order valence-corrected chi connectivity index (χ4v) is 4.74. The summed E-state index contributed by atoms with van der Waals surface area (Å²) in [6.07, 6.45) is 5.89. The zero-order valence-electron chi connectivity index (χ0n) is 15.3. The summed E-state index contributed by atoms with van der Waals surface area (Å²) >= 11 is 0. The Hall–Kier alpha value is -2.29. The topological polar surface area (TPSA) is 46.5 Å². The van der Waals surface area contributed by atoms with Gasteiger partial charge in [-0.15, -0.1) is 0 Å². The van der Waals surface area contributed by atoms with Gasteiger partial charge in [0.25, 0.3) is 0 Å². The predicted octanol–water partition coefficient (Wildman–Crippen LogP) is 5.03. The molecule has 0 atom stereocenters. The Kier molecular flexibility index (Phi) is 4.47. The number of hydrogen-bond acceptors (Lipinski definition) is 2. The maximum atomic E-state index is 11.3. The van der Waals surface area contributed by atoms with E-state index in [4.69, 9.17) is 4.74 Å². The highest BCUT2D eigenvalue weighted by Crippen LogP contribution is 2.50. The van der Waals surface area contributed by atoms with Crippen LogP contribution in [0.25, 0.3) is 0 Å². The van der Waals surface area contributed by atoms with Gasteiger partial charge in [0.1, 0.15) is 12.4 Å². The predicted molar refractivity (Wildman–Crippen MR) is 102 cm³/mol. The van der Waals surface area contributed by atoms with E-state index in [1.54, 1.807) is 0 Å². The van der Waals surface area contributed by atoms with Crippen molar-refractivity contribution in [1.29, 1.82) is 0 Å². The van der Waals surface area contributed by atoms with Crippen LogP contribution in [0.5, 0.6) is 5.75 Å². The van der Waals surface area contributed by atoms with E-state index >= 15 is 0 Å². The highest BCUT2D eigenvalue weighted by Gasteiger charge is 2.42. The van der Waals surface area contributed by atoms with Crippen LogP contribution < -0.4 is 4.74 Å². The molecule has 0 saturated heterocycles. The van der Waals surface area contributed by atoms with Crippen LogP contribution >= 0.6 is 0 Å². The van der Waals surface area contributed by atoms with Crippen molar-refractivity contribution in [3.63, 3.8) is 0 Å². The number of carboxylic acid groups (broad SMARTS) is 1. The monoisotopic (exact) mass is 350 g/mol. The second kappa shape index (κ2) is 6.79. The fraction of sp³-hybridized carbons (Fsp3) is 0.435. The normalized spacial score (nSPS) is 24.4. The summed E-state index contributed by atoms with van der Waals surface area (Å²) in [5.41, 5.74) is 5.49. The summed E-state index contributed by atoms with van der Waals surface area (Å²) in [7, 11) is 0. The summed E-state index contributed by atoms with van der Waals surface area (Å²) in [5.74, 6) is 0.123. The quantitative estimate of drug-likeness (QED) is 0.841. The minimum absolute atomic E-state index is 0.155. The molecule has 1 saturated carbocycles. The third kappa shape index (κ3) is 3.23. The van der Waals surface area contributed by atoms with Crippen molar-refractivity contribution < 1.29 is 14.6 Å². The second-order valence-electron chi connectivity index (χ2n) is 7.99. The number of carbonyl (C=O) groups is 1. The summed E-state index contributed by atoms with van der Waals surface area (Å²) in [6, 6.07) is 14.9. The van der Waals surface area contributed by atoms with Gasteiger partial charge in [0, 0.05) is 0 Å². The van der Waals surface area contributed by atoms with Crippen LogP contribution in [0.15, 0.2) is 42.5 Å². The minimum Gasteiger partial charge on any atom is -0.489 e. The van der Waals surface area contributed by atoms with Crippen molar-refractivity contribution in [3.05, 3.63) is 64.7 Å². The Morgan fingerprint density at radius 2 is 1.96 bits per heavy atom. The molecule has 0 heterocycles. The molecule has 1 N–H and O–H groups in total. The third-order valence-corrected chi connectivity index (χ3v) is 6.31. The standard InChI is InChI=1S/C23H26O3/c1-16-3-2-4-20(13-16)26-15-17-5-6-18-7-10-23(21(18)14-17)11-8-19(9-12-23)22(24)25/h2-6,13-14,19H,7-12,15H2,1H3,(H,24,25). The molecule has 3 nitrogen and oxygen atoms in total. The molecule has 136 valence electrons. The van der Waals surface area contributed by atoms with Crippen molar-refractivity contribution in [2.45, 2.75) is 57.5 Å². The Labute approximate surface area is 155 Å². The first kappa shape index (κ1) is 17.1. The largest absolute Gasteiger partial charge is 0.489 e. The van der Waals surface area contributed by atoms with Gasteiger partial charge in [0.2, 0.25) is 0 Å². The lowest BCUT2D eigenvalue weighted by molar-refractivity contribution is -0.143. The molecule has 0 unspecified atom stereocenters. The van der Waals surface area contributed by atoms with Crippen LogP contribution in [0.4, 0.5) is 0 Å². The number of fused-ring (bicyclic) bond motifs is 2. The number of aliphatic carboxylic acids is 1. The number of rotatable bonds is 4. The van der Waals surface area contributed by atoms with E-state index in [2.05, 4.69) is 37.3 Å². The lowest BCUT2D eigenvalue weighted by Crippen LogP contribution is -2.32. The maximum absolute atomic E-state index is 11.3. The Morgan fingerprint density at radius 1 is 1.15 bits per heavy atom. The highest BCUT2D eigenvalue weighted by atomic mass is 16.5. The van der Waals surface area contributed by atoms with E-state index in [0.29, 0.717) is 6.61 Å². The van der Waals surface area contributed by atoms with E-state index in [1.807, 2.05) is 12.1 Å². The molecule has 0 aromatic heterocycles. The zero-order chi connectivity index (χ0) is 18.1. The molecular weight excluding hydrogens is 324 g/mol. The third-order valence-electron chi connectivity index (χ3n) is 6.31. The molecule has 2 aliphatic carbocycles. The Balaban J connectivity index is 1.50. The van der Waals surface area contributed by atoms with Crippen LogP contribution in [-0.2, 0) is 23.2 Å². The van der Waals surface area contributed by atoms with Crippen LogP contribution in [0, 0.1) is 12.8 Å². The molecule has 0 aliphatic heterocycles. The van der Waals surface area contributed by atoms with E-state index in [0.717, 1.165) is 44.3 Å². The maximum Gasteiger partial charge on any atom is 0.306 e. The van der Waals surface area contributed by atoms with Gasteiger partial charge in [-0.1, -0.05) is 30.3 Å². The molecular formula is C23H26O3. The molecule has 2 aromatic carbocycles. The Bertz CT molecular complexity index is 816. The molecule has 3 heteroatoms. The molecule has 0 amide bonds. The van der Waals surface area contributed by atoms with Gasteiger partial charge in [-0.05, 0) is 85.3 Å². The van der Waals surface area contributed by atoms with Crippen LogP contribution in [0.2, 0.25) is 0 Å². The smallest absolute Gasteiger partial charge is 0.306 e. The summed E-state index contributed by atoms with van der Waals surface area (Å²) in [4.78, 5) is 11.3. The number of hydrogen-bond donors (Lipinski definition) is 1. The first-order valence-corrected chi connectivity index (χ1v) is 9.60. The Morgan fingerprint density at radius 3 is 2.69 bits per heavy atom. The molecule has 2 aromatic rings. The van der Waals surface area contributed by atoms with Gasteiger partial charge >= 0.3 is 5.97 Å². The number of carboxylic acids is 1. The lowest BCUT2D eigenvalue weighted by atomic mass is 9.67. The van der Waals surface area contributed by atoms with E-state index in [-0.39, 0.29) is 11.3 Å². The van der Waals surface area contributed by atoms with Gasteiger partial charge in [0.15, 0.2) is 0 Å². The SMILES string of the molecule is Cc1cccc(OCc2ccc3c(c2)C2(CC3)CCC(C(=O)O)CC2)c1. The van der Waals surface area contributed by atoms with Gasteiger partial charge in [0.05, 0.1) is 5.92 Å². The van der Waals surface area contributed by atoms with Gasteiger partial charge in [-0.3, -0.25) is 4.79 Å². The van der Waals surface area contributed by atoms with Crippen molar-refractivity contribution in [3.8, 4) is 5.75 Å². The van der Waals surface area contributed by atoms with Crippen LogP contribution in [0.1, 0.15) is 54.4 Å². The summed E-state index contributed by atoms with van der Waals surface area (Å²) < 4.78 is 5.98. The van der Waals surface area contributed by atoms with Crippen molar-refractivity contribution in [2.24, 2.45) is 5.92 Å². The zero-order valence-corrected chi connectivity index (χ0v) is 15.3. The van der Waals surface area contributed by atoms with Crippen molar-refractivity contribution >= 4 is 5.97 Å². The number of benzene rings is 2. The molecule has 26 heavy (non-hydrogen) atoms. The molecule has 1 fully saturated rings. The first-order chi connectivity index (χ1) is 12.6. The van der Waals surface area contributed by atoms with Gasteiger partial charge < -0.3 is 9.84 Å². The van der Waals surface area contributed by atoms with E-state index < -0.39 is 5.97 Å². The molecule has 0 radical (unpaired) electrons. The lowest BCUT2D eigenvalue weighted by Gasteiger charge is -2.37. The molecule has 0 bridgehead atoms. The molecule has 1 spiro atoms. The molecule has 2 aliphatic rings. The average molecular weight is 350 g/mol. The summed E-state index contributed by atoms with van der Waals surface area (Å²) in [6.45, 7) is 2.64. The van der Waals surface area contributed by atoms with Crippen LogP contribution in [0.3, 0.4) is 0 Å². The number of ether oxygens (including phenoxy) is 1. The van der Waals surface area contributed by atoms with Crippen molar-refractivity contribution in [2.75, 3.05) is 0 Å². The summed E-state index contributed by atoms with van der Waals surface area (Å²) in [5, 5.41) is 9.29. The second-order valence-corrected chi connectivity index (χ2v) is 7.99. The number of aryl methyl sites for hydroxylation is 2. The fourth-order valence-electron chi connectivity index (χ4n) is 4.74. The first-order valence-electron chi connectivity index (χ1n) is 9.60. The van der Waals surface area contributed by atoms with Crippen LogP contribution in [-0.4, -0.2) is 11.1 Å².